The molecule has 6 nitrogen and oxygen atoms in total. The van der Waals surface area contributed by atoms with Crippen LogP contribution in [0.4, 0.5) is 5.69 Å². The molecule has 0 bridgehead atoms. The summed E-state index contributed by atoms with van der Waals surface area (Å²) < 4.78 is 5.12. The third kappa shape index (κ3) is 5.21. The summed E-state index contributed by atoms with van der Waals surface area (Å²) in [7, 11) is 0. The Kier molecular flexibility index (Phi) is 7.36. The standard InChI is InChI=1S/C22H29N3O3S/c1-4-24(5-2)18-9-7-16(8-10-18)15-19-20(26)23-22(29-19)25-13-11-17(12-14-25)21(27)28-6-3/h7-10,15,17H,4-6,11-14H2,1-3H3. The number of likely N-dealkylation sites (tertiary alicyclic amines) is 1. The fourth-order valence-corrected chi connectivity index (χ4v) is 4.59. The Morgan fingerprint density at radius 1 is 1.21 bits per heavy atom. The maximum absolute atomic E-state index is 12.4. The van der Waals surface area contributed by atoms with Crippen molar-refractivity contribution in [2.24, 2.45) is 10.9 Å². The van der Waals surface area contributed by atoms with Crippen LogP contribution in [-0.2, 0) is 14.3 Å². The first-order valence-electron chi connectivity index (χ1n) is 10.3. The monoisotopic (exact) mass is 415 g/mol. The van der Waals surface area contributed by atoms with E-state index in [1.165, 1.54) is 17.4 Å². The first-order chi connectivity index (χ1) is 14.0. The lowest BCUT2D eigenvalue weighted by Crippen LogP contribution is -2.39. The van der Waals surface area contributed by atoms with Gasteiger partial charge in [0.2, 0.25) is 0 Å². The second-order valence-corrected chi connectivity index (χ2v) is 8.10. The summed E-state index contributed by atoms with van der Waals surface area (Å²) >= 11 is 1.42. The van der Waals surface area contributed by atoms with E-state index in [2.05, 4.69) is 40.8 Å². The normalized spacial score (nSPS) is 18.9. The maximum Gasteiger partial charge on any atom is 0.309 e. The van der Waals surface area contributed by atoms with Crippen LogP contribution in [0.3, 0.4) is 0 Å². The molecule has 1 amide bonds. The van der Waals surface area contributed by atoms with E-state index in [4.69, 9.17) is 4.74 Å². The predicted molar refractivity (Wildman–Crippen MR) is 119 cm³/mol. The minimum absolute atomic E-state index is 0.0479. The number of ether oxygens (including phenoxy) is 1. The van der Waals surface area contributed by atoms with E-state index in [-0.39, 0.29) is 17.8 Å². The van der Waals surface area contributed by atoms with Gasteiger partial charge in [-0.15, -0.1) is 0 Å². The average molecular weight is 416 g/mol. The van der Waals surface area contributed by atoms with E-state index < -0.39 is 0 Å². The molecular formula is C22H29N3O3S. The third-order valence-corrected chi connectivity index (χ3v) is 6.36. The number of amides is 1. The first-order valence-corrected chi connectivity index (χ1v) is 11.2. The summed E-state index contributed by atoms with van der Waals surface area (Å²) in [4.78, 5) is 33.5. The molecule has 0 saturated carbocycles. The van der Waals surface area contributed by atoms with Gasteiger partial charge in [-0.2, -0.15) is 4.99 Å². The number of carbonyl (C=O) groups excluding carboxylic acids is 2. The summed E-state index contributed by atoms with van der Waals surface area (Å²) in [6, 6.07) is 8.26. The van der Waals surface area contributed by atoms with E-state index in [1.807, 2.05) is 25.1 Å². The second-order valence-electron chi connectivity index (χ2n) is 7.09. The highest BCUT2D eigenvalue weighted by Crippen LogP contribution is 2.32. The van der Waals surface area contributed by atoms with Crippen molar-refractivity contribution in [2.45, 2.75) is 33.6 Å². The van der Waals surface area contributed by atoms with Crippen LogP contribution >= 0.6 is 11.8 Å². The highest BCUT2D eigenvalue weighted by atomic mass is 32.2. The van der Waals surface area contributed by atoms with Gasteiger partial charge in [-0.05, 0) is 69.1 Å². The van der Waals surface area contributed by atoms with Crippen LogP contribution in [0, 0.1) is 5.92 Å². The van der Waals surface area contributed by atoms with Crippen molar-refractivity contribution in [3.8, 4) is 0 Å². The molecule has 1 aromatic carbocycles. The van der Waals surface area contributed by atoms with E-state index in [0.29, 0.717) is 24.6 Å². The van der Waals surface area contributed by atoms with Crippen molar-refractivity contribution in [3.05, 3.63) is 34.7 Å². The van der Waals surface area contributed by atoms with Crippen LogP contribution in [0.15, 0.2) is 34.2 Å². The van der Waals surface area contributed by atoms with E-state index in [9.17, 15) is 9.59 Å². The highest BCUT2D eigenvalue weighted by molar-refractivity contribution is 8.18. The molecule has 0 aliphatic carbocycles. The Morgan fingerprint density at radius 3 is 2.45 bits per heavy atom. The molecule has 0 unspecified atom stereocenters. The minimum atomic E-state index is -0.190. The van der Waals surface area contributed by atoms with Gasteiger partial charge in [0.25, 0.3) is 5.91 Å². The van der Waals surface area contributed by atoms with Gasteiger partial charge in [0.05, 0.1) is 17.4 Å². The van der Waals surface area contributed by atoms with Crippen molar-refractivity contribution in [3.63, 3.8) is 0 Å². The van der Waals surface area contributed by atoms with Crippen molar-refractivity contribution in [1.29, 1.82) is 0 Å². The lowest BCUT2D eigenvalue weighted by molar-refractivity contribution is -0.149. The molecule has 1 aromatic rings. The number of esters is 1. The lowest BCUT2D eigenvalue weighted by Gasteiger charge is -2.31. The molecule has 29 heavy (non-hydrogen) atoms. The predicted octanol–water partition coefficient (Wildman–Crippen LogP) is 3.78. The number of nitrogens with zero attached hydrogens (tertiary/aromatic N) is 3. The Morgan fingerprint density at radius 2 is 1.86 bits per heavy atom. The molecule has 3 rings (SSSR count). The number of amidine groups is 1. The molecule has 0 atom stereocenters. The molecule has 1 saturated heterocycles. The molecule has 0 spiro atoms. The number of piperidine rings is 1. The van der Waals surface area contributed by atoms with Crippen molar-refractivity contribution < 1.29 is 14.3 Å². The molecule has 0 aromatic heterocycles. The molecule has 0 radical (unpaired) electrons. The van der Waals surface area contributed by atoms with E-state index in [1.54, 1.807) is 0 Å². The Bertz CT molecular complexity index is 792. The van der Waals surface area contributed by atoms with Crippen molar-refractivity contribution in [2.75, 3.05) is 37.7 Å². The molecule has 2 heterocycles. The number of benzene rings is 1. The second kappa shape index (κ2) is 9.96. The highest BCUT2D eigenvalue weighted by Gasteiger charge is 2.31. The number of carbonyl (C=O) groups is 2. The van der Waals surface area contributed by atoms with E-state index in [0.717, 1.165) is 36.7 Å². The Hall–Kier alpha value is -2.28. The zero-order valence-electron chi connectivity index (χ0n) is 17.4. The molecule has 2 aliphatic rings. The molecule has 156 valence electrons. The molecule has 7 heteroatoms. The number of hydrogen-bond donors (Lipinski definition) is 0. The zero-order valence-corrected chi connectivity index (χ0v) is 18.2. The van der Waals surface area contributed by atoms with E-state index >= 15 is 0 Å². The van der Waals surface area contributed by atoms with Crippen LogP contribution in [0.5, 0.6) is 0 Å². The fraction of sp³-hybridized carbons (Fsp3) is 0.500. The third-order valence-electron chi connectivity index (χ3n) is 5.31. The maximum atomic E-state index is 12.4. The van der Waals surface area contributed by atoms with Gasteiger partial charge in [0.1, 0.15) is 0 Å². The summed E-state index contributed by atoms with van der Waals surface area (Å²) in [5.74, 6) is -0.350. The quantitative estimate of drug-likeness (QED) is 0.521. The van der Waals surface area contributed by atoms with Crippen LogP contribution in [-0.4, -0.2) is 54.7 Å². The molecule has 0 N–H and O–H groups in total. The first kappa shape index (κ1) is 21.4. The van der Waals surface area contributed by atoms with Gasteiger partial charge >= 0.3 is 5.97 Å². The SMILES string of the molecule is CCOC(=O)C1CCN(C2=NC(=O)C(=Cc3ccc(N(CC)CC)cc3)S2)CC1. The van der Waals surface area contributed by atoms with Crippen LogP contribution < -0.4 is 4.90 Å². The number of anilines is 1. The van der Waals surface area contributed by atoms with Crippen LogP contribution in [0.25, 0.3) is 6.08 Å². The summed E-state index contributed by atoms with van der Waals surface area (Å²) in [5, 5.41) is 0.739. The number of aliphatic imine (C=N–C) groups is 1. The minimum Gasteiger partial charge on any atom is -0.466 e. The topological polar surface area (TPSA) is 62.2 Å². The molecular weight excluding hydrogens is 386 g/mol. The van der Waals surface area contributed by atoms with Crippen LogP contribution in [0.2, 0.25) is 0 Å². The molecule has 2 aliphatic heterocycles. The number of thioether (sulfide) groups is 1. The Balaban J connectivity index is 1.60. The fourth-order valence-electron chi connectivity index (χ4n) is 3.62. The van der Waals surface area contributed by atoms with Crippen molar-refractivity contribution in [1.82, 2.24) is 4.90 Å². The number of hydrogen-bond acceptors (Lipinski definition) is 6. The molecule has 1 fully saturated rings. The van der Waals surface area contributed by atoms with Crippen LogP contribution in [0.1, 0.15) is 39.2 Å². The van der Waals surface area contributed by atoms with Gasteiger partial charge < -0.3 is 14.5 Å². The van der Waals surface area contributed by atoms with Crippen molar-refractivity contribution >= 4 is 40.6 Å². The smallest absolute Gasteiger partial charge is 0.309 e. The zero-order chi connectivity index (χ0) is 20.8. The average Bonchev–Trinajstić information content (AvgIpc) is 3.11. The summed E-state index contributed by atoms with van der Waals surface area (Å²) in [6.45, 7) is 9.89. The summed E-state index contributed by atoms with van der Waals surface area (Å²) in [6.07, 6.45) is 3.37. The summed E-state index contributed by atoms with van der Waals surface area (Å²) in [5.41, 5.74) is 2.18. The number of rotatable bonds is 6. The van der Waals surface area contributed by atoms with Gasteiger partial charge in [-0.25, -0.2) is 0 Å². The van der Waals surface area contributed by atoms with Gasteiger partial charge in [0.15, 0.2) is 5.17 Å². The van der Waals surface area contributed by atoms with Gasteiger partial charge in [-0.3, -0.25) is 9.59 Å². The van der Waals surface area contributed by atoms with Gasteiger partial charge in [-0.1, -0.05) is 12.1 Å². The lowest BCUT2D eigenvalue weighted by atomic mass is 9.97. The largest absolute Gasteiger partial charge is 0.466 e. The van der Waals surface area contributed by atoms with Gasteiger partial charge in [0, 0.05) is 31.9 Å². The Labute approximate surface area is 177 Å².